The lowest BCUT2D eigenvalue weighted by molar-refractivity contribution is -0.139. The number of hydrogen-bond acceptors (Lipinski definition) is 5. The Labute approximate surface area is 82.6 Å². The highest BCUT2D eigenvalue weighted by Crippen LogP contribution is 2.02. The monoisotopic (exact) mass is 202 g/mol. The van der Waals surface area contributed by atoms with Gasteiger partial charge in [0.15, 0.2) is 0 Å². The van der Waals surface area contributed by atoms with Crippen molar-refractivity contribution in [2.45, 2.75) is 20.0 Å². The largest absolute Gasteiger partial charge is 0.508 e. The van der Waals surface area contributed by atoms with E-state index in [0.717, 1.165) is 0 Å². The molecule has 0 amide bonds. The van der Waals surface area contributed by atoms with Crippen LogP contribution in [0.5, 0.6) is 0 Å². The fraction of sp³-hybridized carbons (Fsp3) is 0.556. The van der Waals surface area contributed by atoms with Crippen LogP contribution in [0, 0.1) is 0 Å². The zero-order chi connectivity index (χ0) is 11.0. The van der Waals surface area contributed by atoms with Crippen molar-refractivity contribution in [1.29, 1.82) is 0 Å². The summed E-state index contributed by atoms with van der Waals surface area (Å²) >= 11 is 0. The molecule has 80 valence electrons. The summed E-state index contributed by atoms with van der Waals surface area (Å²) in [6, 6.07) is 0. The quantitative estimate of drug-likeness (QED) is 0.498. The van der Waals surface area contributed by atoms with E-state index in [-0.39, 0.29) is 12.1 Å². The Bertz CT molecular complexity index is 211. The molecule has 0 bridgehead atoms. The smallest absolute Gasteiger partial charge is 0.462 e. The van der Waals surface area contributed by atoms with Crippen molar-refractivity contribution >= 4 is 12.1 Å². The number of ether oxygens (including phenoxy) is 3. The fourth-order valence-electron chi connectivity index (χ4n) is 0.594. The Balaban J connectivity index is 0.000000241. The van der Waals surface area contributed by atoms with Crippen molar-refractivity contribution in [3.63, 3.8) is 0 Å². The van der Waals surface area contributed by atoms with E-state index in [9.17, 15) is 9.59 Å². The van der Waals surface area contributed by atoms with E-state index in [2.05, 4.69) is 20.8 Å². The Hall–Kier alpha value is -1.52. The third kappa shape index (κ3) is 7.15. The van der Waals surface area contributed by atoms with Crippen LogP contribution in [-0.4, -0.2) is 31.4 Å². The molecule has 1 aliphatic heterocycles. The minimum atomic E-state index is -0.549. The number of cyclic esters (lactones) is 2. The summed E-state index contributed by atoms with van der Waals surface area (Å²) in [6.07, 6.45) is 0.932. The van der Waals surface area contributed by atoms with Gasteiger partial charge in [-0.05, 0) is 6.92 Å². The Morgan fingerprint density at radius 1 is 1.79 bits per heavy atom. The molecule has 5 nitrogen and oxygen atoms in total. The number of esters is 1. The van der Waals surface area contributed by atoms with Crippen molar-refractivity contribution in [2.75, 3.05) is 13.2 Å². The second kappa shape index (κ2) is 6.94. The summed E-state index contributed by atoms with van der Waals surface area (Å²) in [7, 11) is 0. The molecule has 1 aliphatic rings. The second-order valence-electron chi connectivity index (χ2n) is 2.58. The first kappa shape index (κ1) is 12.5. The average molecular weight is 202 g/mol. The molecule has 0 aromatic heterocycles. The minimum Gasteiger partial charge on any atom is -0.462 e. The van der Waals surface area contributed by atoms with Gasteiger partial charge in [0.25, 0.3) is 0 Å². The van der Waals surface area contributed by atoms with E-state index >= 15 is 0 Å². The molecule has 1 fully saturated rings. The van der Waals surface area contributed by atoms with Crippen LogP contribution in [0.2, 0.25) is 0 Å². The van der Waals surface area contributed by atoms with Crippen LogP contribution in [0.15, 0.2) is 12.7 Å². The first-order valence-electron chi connectivity index (χ1n) is 4.14. The van der Waals surface area contributed by atoms with Gasteiger partial charge >= 0.3 is 12.1 Å². The number of carbonyl (C=O) groups excluding carboxylic acids is 2. The molecule has 14 heavy (non-hydrogen) atoms. The Kier molecular flexibility index (Phi) is 6.19. The number of hydrogen-bond donors (Lipinski definition) is 0. The zero-order valence-corrected chi connectivity index (χ0v) is 8.32. The lowest BCUT2D eigenvalue weighted by Gasteiger charge is -1.90. The van der Waals surface area contributed by atoms with Crippen LogP contribution in [0.25, 0.3) is 0 Å². The number of rotatable bonds is 2. The van der Waals surface area contributed by atoms with Gasteiger partial charge in [0.2, 0.25) is 0 Å². The topological polar surface area (TPSA) is 61.8 Å². The summed E-state index contributed by atoms with van der Waals surface area (Å²) in [5, 5.41) is 0. The Morgan fingerprint density at radius 3 is 2.57 bits per heavy atom. The van der Waals surface area contributed by atoms with Crippen LogP contribution >= 0.6 is 0 Å². The molecule has 0 saturated carbocycles. The van der Waals surface area contributed by atoms with E-state index in [1.807, 2.05) is 0 Å². The fourth-order valence-corrected chi connectivity index (χ4v) is 0.594. The minimum absolute atomic E-state index is 0.0486. The first-order chi connectivity index (χ1) is 6.56. The average Bonchev–Trinajstić information content (AvgIpc) is 2.47. The van der Waals surface area contributed by atoms with E-state index in [1.165, 1.54) is 13.0 Å². The molecular weight excluding hydrogens is 188 g/mol. The predicted octanol–water partition coefficient (Wildman–Crippen LogP) is 1.28. The molecule has 0 aromatic carbocycles. The van der Waals surface area contributed by atoms with Gasteiger partial charge in [0.05, 0.1) is 0 Å². The van der Waals surface area contributed by atoms with Crippen LogP contribution in [0.4, 0.5) is 4.79 Å². The molecule has 1 atom stereocenters. The standard InChI is InChI=1S/C5H8O2.C4H6O3/c1-3-4-7-5(2)6;1-3-2-6-4(5)7-3/h3H,1,4H2,2H3;3H,2H2,1H3. The normalized spacial score (nSPS) is 18.4. The van der Waals surface area contributed by atoms with Crippen LogP contribution < -0.4 is 0 Å². The van der Waals surface area contributed by atoms with Crippen LogP contribution in [-0.2, 0) is 19.0 Å². The molecule has 1 rings (SSSR count). The Morgan fingerprint density at radius 2 is 2.43 bits per heavy atom. The summed E-state index contributed by atoms with van der Waals surface area (Å²) in [4.78, 5) is 19.9. The first-order valence-corrected chi connectivity index (χ1v) is 4.14. The van der Waals surface area contributed by atoms with Crippen molar-refractivity contribution in [3.05, 3.63) is 12.7 Å². The van der Waals surface area contributed by atoms with Gasteiger partial charge < -0.3 is 14.2 Å². The van der Waals surface area contributed by atoms with Gasteiger partial charge in [-0.2, -0.15) is 0 Å². The molecule has 0 aromatic rings. The van der Waals surface area contributed by atoms with Gasteiger partial charge in [-0.25, -0.2) is 4.79 Å². The molecule has 0 radical (unpaired) electrons. The van der Waals surface area contributed by atoms with E-state index in [4.69, 9.17) is 0 Å². The molecule has 0 spiro atoms. The SMILES string of the molecule is C=CCOC(C)=O.CC1COC(=O)O1. The predicted molar refractivity (Wildman–Crippen MR) is 48.7 cm³/mol. The highest BCUT2D eigenvalue weighted by molar-refractivity contribution is 5.65. The molecular formula is C9H14O5. The summed E-state index contributed by atoms with van der Waals surface area (Å²) < 4.78 is 13.3. The lowest BCUT2D eigenvalue weighted by atomic mass is 10.5. The molecule has 1 unspecified atom stereocenters. The molecule has 0 aliphatic carbocycles. The maximum Gasteiger partial charge on any atom is 0.508 e. The van der Waals surface area contributed by atoms with Crippen molar-refractivity contribution in [3.8, 4) is 0 Å². The number of carbonyl (C=O) groups is 2. The highest BCUT2D eigenvalue weighted by Gasteiger charge is 2.19. The molecule has 1 heterocycles. The third-order valence-corrected chi connectivity index (χ3v) is 1.14. The van der Waals surface area contributed by atoms with Gasteiger partial charge in [-0.3, -0.25) is 4.79 Å². The van der Waals surface area contributed by atoms with Crippen LogP contribution in [0.3, 0.4) is 0 Å². The maximum atomic E-state index is 10.0. The van der Waals surface area contributed by atoms with Crippen molar-refractivity contribution in [2.24, 2.45) is 0 Å². The zero-order valence-electron chi connectivity index (χ0n) is 8.32. The third-order valence-electron chi connectivity index (χ3n) is 1.14. The van der Waals surface area contributed by atoms with Crippen molar-refractivity contribution < 1.29 is 23.8 Å². The lowest BCUT2D eigenvalue weighted by Crippen LogP contribution is -2.01. The van der Waals surface area contributed by atoms with E-state index in [1.54, 1.807) is 6.92 Å². The van der Waals surface area contributed by atoms with E-state index in [0.29, 0.717) is 13.2 Å². The van der Waals surface area contributed by atoms with Gasteiger partial charge in [-0.15, -0.1) is 0 Å². The summed E-state index contributed by atoms with van der Waals surface area (Å²) in [6.45, 7) is 7.22. The molecule has 0 N–H and O–H groups in total. The van der Waals surface area contributed by atoms with Crippen molar-refractivity contribution in [1.82, 2.24) is 0 Å². The summed E-state index contributed by atoms with van der Waals surface area (Å²) in [5.41, 5.74) is 0. The van der Waals surface area contributed by atoms with Gasteiger partial charge in [0, 0.05) is 6.92 Å². The van der Waals surface area contributed by atoms with E-state index < -0.39 is 6.16 Å². The van der Waals surface area contributed by atoms with Gasteiger partial charge in [-0.1, -0.05) is 12.7 Å². The summed E-state index contributed by atoms with van der Waals surface area (Å²) in [5.74, 6) is -0.264. The maximum absolute atomic E-state index is 10.0. The molecule has 5 heteroatoms. The van der Waals surface area contributed by atoms with Crippen LogP contribution in [0.1, 0.15) is 13.8 Å². The second-order valence-corrected chi connectivity index (χ2v) is 2.58. The molecule has 1 saturated heterocycles. The highest BCUT2D eigenvalue weighted by atomic mass is 16.8. The van der Waals surface area contributed by atoms with Gasteiger partial charge in [0.1, 0.15) is 19.3 Å².